The van der Waals surface area contributed by atoms with Crippen LogP contribution in [0.15, 0.2) is 60.9 Å². The van der Waals surface area contributed by atoms with E-state index >= 15 is 0 Å². The molecule has 1 heterocycles. The first kappa shape index (κ1) is 17.4. The summed E-state index contributed by atoms with van der Waals surface area (Å²) in [5, 5.41) is 10.2. The van der Waals surface area contributed by atoms with Crippen LogP contribution in [0.2, 0.25) is 0 Å². The zero-order valence-electron chi connectivity index (χ0n) is 14.7. The molecule has 0 aliphatic rings. The Labute approximate surface area is 148 Å². The molecule has 4 nitrogen and oxygen atoms in total. The van der Waals surface area contributed by atoms with E-state index in [1.165, 1.54) is 5.56 Å². The molecule has 0 bridgehead atoms. The summed E-state index contributed by atoms with van der Waals surface area (Å²) < 4.78 is 7.07. The Bertz CT molecular complexity index is 795. The molecular formula is C21H24N2O2. The third-order valence-electron chi connectivity index (χ3n) is 4.29. The first-order chi connectivity index (χ1) is 12.2. The molecule has 25 heavy (non-hydrogen) atoms. The van der Waals surface area contributed by atoms with Crippen LogP contribution in [0.3, 0.4) is 0 Å². The average Bonchev–Trinajstić information content (AvgIpc) is 3.06. The van der Waals surface area contributed by atoms with E-state index in [1.54, 1.807) is 13.4 Å². The normalized spacial score (nSPS) is 12.3. The molecule has 2 aromatic carbocycles. The van der Waals surface area contributed by atoms with Crippen molar-refractivity contribution in [2.75, 3.05) is 13.7 Å². The van der Waals surface area contributed by atoms with Gasteiger partial charge >= 0.3 is 0 Å². The van der Waals surface area contributed by atoms with Gasteiger partial charge in [0.1, 0.15) is 0 Å². The Hall–Kier alpha value is -2.43. The van der Waals surface area contributed by atoms with Gasteiger partial charge in [-0.15, -0.1) is 0 Å². The topological polar surface area (TPSA) is 47.3 Å². The summed E-state index contributed by atoms with van der Waals surface area (Å²) in [5.41, 5.74) is 5.41. The number of hydrogen-bond acceptors (Lipinski definition) is 3. The van der Waals surface area contributed by atoms with E-state index in [2.05, 4.69) is 48.3 Å². The fourth-order valence-corrected chi connectivity index (χ4v) is 3.00. The predicted molar refractivity (Wildman–Crippen MR) is 100 cm³/mol. The zero-order chi connectivity index (χ0) is 17.6. The lowest BCUT2D eigenvalue weighted by molar-refractivity contribution is 0.0539. The maximum atomic E-state index is 10.2. The third kappa shape index (κ3) is 3.98. The Kier molecular flexibility index (Phi) is 5.64. The van der Waals surface area contributed by atoms with E-state index < -0.39 is 6.10 Å². The quantitative estimate of drug-likeness (QED) is 0.714. The molecule has 130 valence electrons. The molecule has 1 aromatic heterocycles. The second-order valence-electron chi connectivity index (χ2n) is 6.12. The summed E-state index contributed by atoms with van der Waals surface area (Å²) in [6.45, 7) is 2.89. The molecule has 0 aliphatic carbocycles. The first-order valence-electron chi connectivity index (χ1n) is 8.59. The minimum absolute atomic E-state index is 0.299. The van der Waals surface area contributed by atoms with Crippen molar-refractivity contribution < 1.29 is 9.84 Å². The number of aromatic nitrogens is 2. The molecule has 0 radical (unpaired) electrons. The van der Waals surface area contributed by atoms with Gasteiger partial charge in [-0.3, -0.25) is 0 Å². The highest BCUT2D eigenvalue weighted by molar-refractivity contribution is 5.78. The minimum Gasteiger partial charge on any atom is -0.389 e. The number of aliphatic hydroxyl groups excluding tert-OH is 1. The SMILES string of the molecule is CCc1ccc(-c2c(-c3ccccc3)ncn2C[C@H](O)COC)cc1. The van der Waals surface area contributed by atoms with Crippen molar-refractivity contribution in [1.82, 2.24) is 9.55 Å². The number of rotatable bonds is 7. The third-order valence-corrected chi connectivity index (χ3v) is 4.29. The second kappa shape index (κ2) is 8.10. The van der Waals surface area contributed by atoms with Gasteiger partial charge in [-0.2, -0.15) is 0 Å². The molecule has 0 saturated carbocycles. The highest BCUT2D eigenvalue weighted by Crippen LogP contribution is 2.31. The van der Waals surface area contributed by atoms with E-state index in [1.807, 2.05) is 22.8 Å². The molecule has 4 heteroatoms. The van der Waals surface area contributed by atoms with Crippen molar-refractivity contribution in [3.05, 3.63) is 66.5 Å². The van der Waals surface area contributed by atoms with Gasteiger partial charge in [-0.25, -0.2) is 4.98 Å². The van der Waals surface area contributed by atoms with Crippen LogP contribution in [0.4, 0.5) is 0 Å². The van der Waals surface area contributed by atoms with Crippen molar-refractivity contribution in [3.63, 3.8) is 0 Å². The minimum atomic E-state index is -0.573. The number of imidazole rings is 1. The molecule has 1 N–H and O–H groups in total. The number of nitrogens with zero attached hydrogens (tertiary/aromatic N) is 2. The Balaban J connectivity index is 2.05. The highest BCUT2D eigenvalue weighted by Gasteiger charge is 2.17. The fourth-order valence-electron chi connectivity index (χ4n) is 3.00. The maximum absolute atomic E-state index is 10.2. The molecule has 0 unspecified atom stereocenters. The van der Waals surface area contributed by atoms with Gasteiger partial charge in [0.15, 0.2) is 0 Å². The van der Waals surface area contributed by atoms with Crippen LogP contribution in [0.5, 0.6) is 0 Å². The number of methoxy groups -OCH3 is 1. The van der Waals surface area contributed by atoms with Crippen LogP contribution in [0.25, 0.3) is 22.5 Å². The van der Waals surface area contributed by atoms with Crippen LogP contribution in [-0.4, -0.2) is 34.5 Å². The number of aliphatic hydroxyl groups is 1. The first-order valence-corrected chi connectivity index (χ1v) is 8.59. The van der Waals surface area contributed by atoms with E-state index in [4.69, 9.17) is 4.74 Å². The van der Waals surface area contributed by atoms with Gasteiger partial charge in [0, 0.05) is 18.2 Å². The highest BCUT2D eigenvalue weighted by atomic mass is 16.5. The van der Waals surface area contributed by atoms with E-state index in [0.717, 1.165) is 28.9 Å². The van der Waals surface area contributed by atoms with Gasteiger partial charge in [-0.05, 0) is 12.0 Å². The fraction of sp³-hybridized carbons (Fsp3) is 0.286. The van der Waals surface area contributed by atoms with E-state index in [0.29, 0.717) is 13.2 Å². The van der Waals surface area contributed by atoms with Crippen molar-refractivity contribution >= 4 is 0 Å². The number of benzene rings is 2. The Morgan fingerprint density at radius 2 is 1.76 bits per heavy atom. The lowest BCUT2D eigenvalue weighted by Crippen LogP contribution is -2.21. The smallest absolute Gasteiger partial charge is 0.0963 e. The largest absolute Gasteiger partial charge is 0.389 e. The van der Waals surface area contributed by atoms with Crippen molar-refractivity contribution in [2.24, 2.45) is 0 Å². The number of hydrogen-bond donors (Lipinski definition) is 1. The Morgan fingerprint density at radius 3 is 2.40 bits per heavy atom. The summed E-state index contributed by atoms with van der Waals surface area (Å²) in [5.74, 6) is 0. The molecule has 0 spiro atoms. The number of aryl methyl sites for hydroxylation is 1. The molecule has 0 fully saturated rings. The summed E-state index contributed by atoms with van der Waals surface area (Å²) in [7, 11) is 1.59. The van der Waals surface area contributed by atoms with Gasteiger partial charge < -0.3 is 14.4 Å². The lowest BCUT2D eigenvalue weighted by Gasteiger charge is -2.15. The molecule has 1 atom stereocenters. The van der Waals surface area contributed by atoms with Gasteiger partial charge in [0.05, 0.1) is 37.0 Å². The molecule has 0 amide bonds. The van der Waals surface area contributed by atoms with Crippen molar-refractivity contribution in [1.29, 1.82) is 0 Å². The molecule has 0 aliphatic heterocycles. The summed E-state index contributed by atoms with van der Waals surface area (Å²) >= 11 is 0. The monoisotopic (exact) mass is 336 g/mol. The summed E-state index contributed by atoms with van der Waals surface area (Å²) in [6, 6.07) is 18.7. The Morgan fingerprint density at radius 1 is 1.04 bits per heavy atom. The zero-order valence-corrected chi connectivity index (χ0v) is 14.7. The van der Waals surface area contributed by atoms with Gasteiger partial charge in [0.2, 0.25) is 0 Å². The van der Waals surface area contributed by atoms with E-state index in [9.17, 15) is 5.11 Å². The maximum Gasteiger partial charge on any atom is 0.0963 e. The summed E-state index contributed by atoms with van der Waals surface area (Å²) in [4.78, 5) is 4.63. The van der Waals surface area contributed by atoms with Crippen LogP contribution >= 0.6 is 0 Å². The van der Waals surface area contributed by atoms with Crippen molar-refractivity contribution in [2.45, 2.75) is 26.0 Å². The molecular weight excluding hydrogens is 312 g/mol. The van der Waals surface area contributed by atoms with Crippen molar-refractivity contribution in [3.8, 4) is 22.5 Å². The summed E-state index contributed by atoms with van der Waals surface area (Å²) in [6.07, 6.45) is 2.23. The number of ether oxygens (including phenoxy) is 1. The van der Waals surface area contributed by atoms with Crippen LogP contribution in [-0.2, 0) is 17.7 Å². The van der Waals surface area contributed by atoms with Gasteiger partial charge in [-0.1, -0.05) is 61.5 Å². The van der Waals surface area contributed by atoms with Crippen LogP contribution in [0.1, 0.15) is 12.5 Å². The standard InChI is InChI=1S/C21H24N2O2/c1-3-16-9-11-18(12-10-16)21-20(17-7-5-4-6-8-17)22-15-23(21)13-19(24)14-25-2/h4-12,15,19,24H,3,13-14H2,1-2H3/t19-/m0/s1. The lowest BCUT2D eigenvalue weighted by atomic mass is 10.0. The second-order valence-corrected chi connectivity index (χ2v) is 6.12. The van der Waals surface area contributed by atoms with Crippen LogP contribution < -0.4 is 0 Å². The van der Waals surface area contributed by atoms with Crippen LogP contribution in [0, 0.1) is 0 Å². The average molecular weight is 336 g/mol. The van der Waals surface area contributed by atoms with E-state index in [-0.39, 0.29) is 0 Å². The van der Waals surface area contributed by atoms with Gasteiger partial charge in [0.25, 0.3) is 0 Å². The predicted octanol–water partition coefficient (Wildman–Crippen LogP) is 3.79. The molecule has 0 saturated heterocycles. The molecule has 3 aromatic rings. The molecule has 3 rings (SSSR count).